The number of amides is 1. The number of phenols is 1. The molecule has 0 spiro atoms. The van der Waals surface area contributed by atoms with Crippen LogP contribution in [0.25, 0.3) is 11.1 Å². The molecule has 4 rings (SSSR count). The highest BCUT2D eigenvalue weighted by Gasteiger charge is 2.23. The number of aromatic nitrogens is 3. The molecule has 7 nitrogen and oxygen atoms in total. The van der Waals surface area contributed by atoms with Gasteiger partial charge in [0.2, 0.25) is 5.91 Å². The highest BCUT2D eigenvalue weighted by atomic mass is 35.5. The van der Waals surface area contributed by atoms with Gasteiger partial charge in [-0.3, -0.25) is 14.2 Å². The van der Waals surface area contributed by atoms with E-state index in [1.54, 1.807) is 60.0 Å². The maximum atomic E-state index is 13.4. The van der Waals surface area contributed by atoms with E-state index in [0.29, 0.717) is 38.4 Å². The van der Waals surface area contributed by atoms with Gasteiger partial charge in [0.25, 0.3) is 0 Å². The summed E-state index contributed by atoms with van der Waals surface area (Å²) in [6, 6.07) is 15.6. The molecule has 9 heteroatoms. The molecule has 2 heterocycles. The third kappa shape index (κ3) is 5.34. The number of rotatable bonds is 8. The van der Waals surface area contributed by atoms with E-state index < -0.39 is 0 Å². The monoisotopic (exact) mass is 506 g/mol. The van der Waals surface area contributed by atoms with Crippen molar-refractivity contribution < 1.29 is 14.7 Å². The summed E-state index contributed by atoms with van der Waals surface area (Å²) in [6.45, 7) is 3.92. The van der Waals surface area contributed by atoms with Gasteiger partial charge in [-0.25, -0.2) is 0 Å². The standard InChI is InChI=1S/C26H23ClN4O3S/c1-3-18-14-20(25(34)19-9-5-6-10-21(19)27)26(35-18)31-16(2)29-30-23(31)15-28-24(33)13-12-17-8-4-7-11-22(17)32/h4-14,32H,3,15H2,1-2H3,(H,28,33). The van der Waals surface area contributed by atoms with E-state index in [0.717, 1.165) is 11.3 Å². The topological polar surface area (TPSA) is 97.1 Å². The largest absolute Gasteiger partial charge is 0.507 e. The Kier molecular flexibility index (Phi) is 7.43. The second-order valence-corrected chi connectivity index (χ2v) is 9.23. The molecule has 2 aromatic carbocycles. The Morgan fingerprint density at radius 3 is 2.60 bits per heavy atom. The highest BCUT2D eigenvalue weighted by Crippen LogP contribution is 2.32. The van der Waals surface area contributed by atoms with Gasteiger partial charge in [-0.05, 0) is 43.7 Å². The van der Waals surface area contributed by atoms with Gasteiger partial charge >= 0.3 is 0 Å². The van der Waals surface area contributed by atoms with Gasteiger partial charge in [-0.15, -0.1) is 21.5 Å². The van der Waals surface area contributed by atoms with Crippen LogP contribution in [0.3, 0.4) is 0 Å². The SMILES string of the molecule is CCc1cc(C(=O)c2ccccc2Cl)c(-n2c(C)nnc2CNC(=O)C=Cc2ccccc2O)s1. The summed E-state index contributed by atoms with van der Waals surface area (Å²) >= 11 is 7.78. The number of hydrogen-bond donors (Lipinski definition) is 2. The highest BCUT2D eigenvalue weighted by molar-refractivity contribution is 7.15. The Labute approximate surface area is 211 Å². The van der Waals surface area contributed by atoms with Gasteiger partial charge in [-0.1, -0.05) is 48.9 Å². The predicted octanol–water partition coefficient (Wildman–Crippen LogP) is 5.12. The molecule has 0 aliphatic rings. The molecule has 2 N–H and O–H groups in total. The fourth-order valence-corrected chi connectivity index (χ4v) is 4.91. The van der Waals surface area contributed by atoms with Gasteiger partial charge in [0.1, 0.15) is 16.6 Å². The molecule has 0 aliphatic carbocycles. The van der Waals surface area contributed by atoms with Crippen molar-refractivity contribution >= 4 is 40.7 Å². The lowest BCUT2D eigenvalue weighted by Gasteiger charge is -2.10. The lowest BCUT2D eigenvalue weighted by Crippen LogP contribution is -2.22. The molecule has 1 amide bonds. The van der Waals surface area contributed by atoms with Crippen LogP contribution < -0.4 is 5.32 Å². The molecule has 35 heavy (non-hydrogen) atoms. The number of aromatic hydroxyl groups is 1. The Balaban J connectivity index is 1.61. The quantitative estimate of drug-likeness (QED) is 0.255. The second kappa shape index (κ2) is 10.7. The van der Waals surface area contributed by atoms with Crippen LogP contribution in [0, 0.1) is 6.92 Å². The molecule has 0 aliphatic heterocycles. The number of ketones is 1. The van der Waals surface area contributed by atoms with Crippen LogP contribution in [0.4, 0.5) is 0 Å². The van der Waals surface area contributed by atoms with Crippen LogP contribution in [-0.2, 0) is 17.8 Å². The maximum absolute atomic E-state index is 13.4. The van der Waals surface area contributed by atoms with Crippen molar-refractivity contribution in [1.29, 1.82) is 0 Å². The lowest BCUT2D eigenvalue weighted by molar-refractivity contribution is -0.116. The first-order chi connectivity index (χ1) is 16.9. The van der Waals surface area contributed by atoms with Crippen LogP contribution in [-0.4, -0.2) is 31.6 Å². The number of nitrogens with one attached hydrogen (secondary N) is 1. The smallest absolute Gasteiger partial charge is 0.244 e. The first-order valence-electron chi connectivity index (χ1n) is 11.0. The summed E-state index contributed by atoms with van der Waals surface area (Å²) in [6.07, 6.45) is 3.64. The lowest BCUT2D eigenvalue weighted by atomic mass is 10.0. The third-order valence-electron chi connectivity index (χ3n) is 5.34. The number of halogens is 1. The van der Waals surface area contributed by atoms with Crippen molar-refractivity contribution in [2.75, 3.05) is 0 Å². The van der Waals surface area contributed by atoms with Gasteiger partial charge in [0, 0.05) is 22.1 Å². The van der Waals surface area contributed by atoms with Crippen LogP contribution in [0.15, 0.2) is 60.7 Å². The summed E-state index contributed by atoms with van der Waals surface area (Å²) in [5, 5.41) is 22.1. The predicted molar refractivity (Wildman–Crippen MR) is 137 cm³/mol. The molecule has 4 aromatic rings. The van der Waals surface area contributed by atoms with E-state index in [2.05, 4.69) is 15.5 Å². The van der Waals surface area contributed by atoms with Crippen molar-refractivity contribution in [2.24, 2.45) is 0 Å². The first kappa shape index (κ1) is 24.4. The number of para-hydroxylation sites is 1. The molecular weight excluding hydrogens is 484 g/mol. The fourth-order valence-electron chi connectivity index (χ4n) is 3.53. The number of aryl methyl sites for hydroxylation is 2. The summed E-state index contributed by atoms with van der Waals surface area (Å²) in [4.78, 5) is 26.8. The molecule has 0 bridgehead atoms. The minimum Gasteiger partial charge on any atom is -0.507 e. The molecule has 0 unspecified atom stereocenters. The summed E-state index contributed by atoms with van der Waals surface area (Å²) < 4.78 is 1.79. The molecule has 0 radical (unpaired) electrons. The maximum Gasteiger partial charge on any atom is 0.244 e. The zero-order valence-corrected chi connectivity index (χ0v) is 20.7. The Hall–Kier alpha value is -3.75. The molecule has 0 saturated carbocycles. The number of carbonyl (C=O) groups excluding carboxylic acids is 2. The molecule has 0 saturated heterocycles. The van der Waals surface area contributed by atoms with E-state index in [1.165, 1.54) is 23.5 Å². The Bertz CT molecular complexity index is 1420. The summed E-state index contributed by atoms with van der Waals surface area (Å²) in [7, 11) is 0. The normalized spacial score (nSPS) is 11.2. The van der Waals surface area contributed by atoms with Gasteiger partial charge in [0.05, 0.1) is 17.1 Å². The minimum atomic E-state index is -0.353. The molecular formula is C26H23ClN4O3S. The Morgan fingerprint density at radius 2 is 1.86 bits per heavy atom. The average Bonchev–Trinajstić information content (AvgIpc) is 3.44. The number of carbonyl (C=O) groups is 2. The van der Waals surface area contributed by atoms with E-state index >= 15 is 0 Å². The van der Waals surface area contributed by atoms with Crippen molar-refractivity contribution in [2.45, 2.75) is 26.8 Å². The van der Waals surface area contributed by atoms with Gasteiger partial charge < -0.3 is 10.4 Å². The minimum absolute atomic E-state index is 0.0899. The first-order valence-corrected chi connectivity index (χ1v) is 12.2. The summed E-state index contributed by atoms with van der Waals surface area (Å²) in [5.74, 6) is 0.636. The van der Waals surface area contributed by atoms with Crippen LogP contribution in [0.1, 0.15) is 44.9 Å². The zero-order valence-electron chi connectivity index (χ0n) is 19.2. The number of benzene rings is 2. The van der Waals surface area contributed by atoms with Gasteiger partial charge in [-0.2, -0.15) is 0 Å². The van der Waals surface area contributed by atoms with E-state index in [1.807, 2.05) is 13.0 Å². The molecule has 0 atom stereocenters. The van der Waals surface area contributed by atoms with E-state index in [9.17, 15) is 14.7 Å². The second-order valence-electron chi connectivity index (χ2n) is 7.70. The Morgan fingerprint density at radius 1 is 1.11 bits per heavy atom. The number of thiophene rings is 1. The molecule has 178 valence electrons. The van der Waals surface area contributed by atoms with Crippen molar-refractivity contribution in [3.05, 3.63) is 98.9 Å². The summed E-state index contributed by atoms with van der Waals surface area (Å²) in [5.41, 5.74) is 1.47. The third-order valence-corrected chi connectivity index (χ3v) is 6.94. The fraction of sp³-hybridized carbons (Fsp3) is 0.154. The van der Waals surface area contributed by atoms with Gasteiger partial charge in [0.15, 0.2) is 11.6 Å². The van der Waals surface area contributed by atoms with Crippen molar-refractivity contribution in [3.63, 3.8) is 0 Å². The molecule has 0 fully saturated rings. The van der Waals surface area contributed by atoms with E-state index in [4.69, 9.17) is 11.6 Å². The zero-order chi connectivity index (χ0) is 24.9. The van der Waals surface area contributed by atoms with E-state index in [-0.39, 0.29) is 24.0 Å². The molecule has 2 aromatic heterocycles. The number of nitrogens with zero attached hydrogens (tertiary/aromatic N) is 3. The number of hydrogen-bond acceptors (Lipinski definition) is 6. The van der Waals surface area contributed by atoms with Crippen LogP contribution >= 0.6 is 22.9 Å². The van der Waals surface area contributed by atoms with Crippen molar-refractivity contribution in [1.82, 2.24) is 20.1 Å². The number of phenolic OH excluding ortho intramolecular Hbond substituents is 1. The average molecular weight is 507 g/mol. The van der Waals surface area contributed by atoms with Crippen LogP contribution in [0.2, 0.25) is 5.02 Å². The van der Waals surface area contributed by atoms with Crippen LogP contribution in [0.5, 0.6) is 5.75 Å². The van der Waals surface area contributed by atoms with Crippen molar-refractivity contribution in [3.8, 4) is 10.8 Å².